The minimum absolute atomic E-state index is 0.163. The highest BCUT2D eigenvalue weighted by Gasteiger charge is 2.20. The van der Waals surface area contributed by atoms with E-state index in [1.165, 1.54) is 33.7 Å². The monoisotopic (exact) mass is 463 g/mol. The summed E-state index contributed by atoms with van der Waals surface area (Å²) in [4.78, 5) is 19.6. The van der Waals surface area contributed by atoms with E-state index in [4.69, 9.17) is 14.2 Å². The van der Waals surface area contributed by atoms with E-state index in [0.29, 0.717) is 12.2 Å². The standard InChI is InChI=1S/C21H23F2N5O5/c1-28-12(5-6-18(29)32-4)7-17(27-28)26-21-24-9-13(10-25-21)33-11-14-19(22)15(30-2)8-16(31-3)20(14)23/h7-10H,5-6,11H2,1-4H3,(H,24,25,26,27). The van der Waals surface area contributed by atoms with E-state index in [0.717, 1.165) is 11.8 Å². The molecule has 2 heterocycles. The SMILES string of the molecule is COC(=O)CCc1cc(Nc2ncc(OCc3c(F)c(OC)cc(OC)c3F)cn2)nn1C. The predicted octanol–water partition coefficient (Wildman–Crippen LogP) is 2.93. The maximum atomic E-state index is 14.4. The second-order valence-electron chi connectivity index (χ2n) is 6.76. The Hall–Kier alpha value is -3.96. The van der Waals surface area contributed by atoms with Crippen LogP contribution in [0.3, 0.4) is 0 Å². The zero-order valence-electron chi connectivity index (χ0n) is 18.5. The number of methoxy groups -OCH3 is 3. The number of ether oxygens (including phenoxy) is 4. The maximum Gasteiger partial charge on any atom is 0.305 e. The zero-order chi connectivity index (χ0) is 24.0. The number of esters is 1. The maximum absolute atomic E-state index is 14.4. The fourth-order valence-corrected chi connectivity index (χ4v) is 2.92. The molecule has 3 rings (SSSR count). The van der Waals surface area contributed by atoms with Crippen molar-refractivity contribution >= 4 is 17.7 Å². The molecule has 0 saturated carbocycles. The number of nitrogens with one attached hydrogen (secondary N) is 1. The van der Waals surface area contributed by atoms with Gasteiger partial charge in [0.25, 0.3) is 0 Å². The van der Waals surface area contributed by atoms with Gasteiger partial charge in [-0.15, -0.1) is 0 Å². The number of hydrogen-bond acceptors (Lipinski definition) is 9. The highest BCUT2D eigenvalue weighted by molar-refractivity contribution is 5.69. The van der Waals surface area contributed by atoms with Crippen LogP contribution in [0.15, 0.2) is 24.5 Å². The Labute approximate surface area is 188 Å². The van der Waals surface area contributed by atoms with Crippen molar-refractivity contribution < 1.29 is 32.5 Å². The number of benzene rings is 1. The lowest BCUT2D eigenvalue weighted by Gasteiger charge is -2.13. The molecule has 2 aromatic heterocycles. The Balaban J connectivity index is 1.64. The summed E-state index contributed by atoms with van der Waals surface area (Å²) in [6.45, 7) is -0.425. The molecule has 3 aromatic rings. The van der Waals surface area contributed by atoms with Gasteiger partial charge in [-0.3, -0.25) is 9.48 Å². The molecule has 0 unspecified atom stereocenters. The molecule has 0 saturated heterocycles. The van der Waals surface area contributed by atoms with E-state index < -0.39 is 18.2 Å². The van der Waals surface area contributed by atoms with Crippen LogP contribution in [0, 0.1) is 11.6 Å². The zero-order valence-corrected chi connectivity index (χ0v) is 18.5. The minimum atomic E-state index is -0.881. The normalized spacial score (nSPS) is 10.6. The number of nitrogens with zero attached hydrogens (tertiary/aromatic N) is 4. The average Bonchev–Trinajstić information content (AvgIpc) is 3.17. The van der Waals surface area contributed by atoms with Crippen LogP contribution in [0.1, 0.15) is 17.7 Å². The Morgan fingerprint density at radius 3 is 2.27 bits per heavy atom. The quantitative estimate of drug-likeness (QED) is 0.454. The lowest BCUT2D eigenvalue weighted by molar-refractivity contribution is -0.140. The molecule has 1 aromatic carbocycles. The third-order valence-electron chi connectivity index (χ3n) is 4.71. The first kappa shape index (κ1) is 23.7. The van der Waals surface area contributed by atoms with E-state index in [9.17, 15) is 13.6 Å². The van der Waals surface area contributed by atoms with Crippen LogP contribution in [-0.2, 0) is 29.6 Å². The number of anilines is 2. The molecule has 10 nitrogen and oxygen atoms in total. The van der Waals surface area contributed by atoms with Crippen LogP contribution in [0.2, 0.25) is 0 Å². The molecule has 0 atom stereocenters. The largest absolute Gasteiger partial charge is 0.494 e. The average molecular weight is 463 g/mol. The summed E-state index contributed by atoms with van der Waals surface area (Å²) in [6.07, 6.45) is 3.40. The van der Waals surface area contributed by atoms with Crippen molar-refractivity contribution in [2.75, 3.05) is 26.6 Å². The van der Waals surface area contributed by atoms with Gasteiger partial charge in [-0.2, -0.15) is 5.10 Å². The molecular weight excluding hydrogens is 440 g/mol. The molecule has 12 heteroatoms. The van der Waals surface area contributed by atoms with E-state index in [1.807, 2.05) is 0 Å². The molecule has 176 valence electrons. The van der Waals surface area contributed by atoms with E-state index >= 15 is 0 Å². The van der Waals surface area contributed by atoms with Crippen molar-refractivity contribution in [1.29, 1.82) is 0 Å². The van der Waals surface area contributed by atoms with Gasteiger partial charge in [-0.1, -0.05) is 0 Å². The first-order chi connectivity index (χ1) is 15.9. The number of aryl methyl sites for hydroxylation is 2. The summed E-state index contributed by atoms with van der Waals surface area (Å²) in [5.41, 5.74) is 0.474. The van der Waals surface area contributed by atoms with Crippen LogP contribution in [0.25, 0.3) is 0 Å². The summed E-state index contributed by atoms with van der Waals surface area (Å²) >= 11 is 0. The number of hydrogen-bond donors (Lipinski definition) is 1. The Morgan fingerprint density at radius 1 is 1.06 bits per heavy atom. The summed E-state index contributed by atoms with van der Waals surface area (Å²) in [5, 5.41) is 7.23. The molecule has 0 spiro atoms. The fourth-order valence-electron chi connectivity index (χ4n) is 2.92. The number of carbonyl (C=O) groups excluding carboxylic acids is 1. The van der Waals surface area contributed by atoms with Crippen molar-refractivity contribution in [1.82, 2.24) is 19.7 Å². The molecule has 0 aliphatic heterocycles. The van der Waals surface area contributed by atoms with Gasteiger partial charge in [0.2, 0.25) is 5.95 Å². The second-order valence-corrected chi connectivity index (χ2v) is 6.76. The Kier molecular flexibility index (Phi) is 7.59. The summed E-state index contributed by atoms with van der Waals surface area (Å²) < 4.78 is 50.4. The summed E-state index contributed by atoms with van der Waals surface area (Å²) in [7, 11) is 5.62. The van der Waals surface area contributed by atoms with Crippen molar-refractivity contribution in [2.45, 2.75) is 19.4 Å². The summed E-state index contributed by atoms with van der Waals surface area (Å²) in [6, 6.07) is 2.88. The molecule has 1 N–H and O–H groups in total. The molecular formula is C21H23F2N5O5. The Morgan fingerprint density at radius 2 is 1.70 bits per heavy atom. The van der Waals surface area contributed by atoms with Crippen LogP contribution >= 0.6 is 0 Å². The smallest absolute Gasteiger partial charge is 0.305 e. The van der Waals surface area contributed by atoms with Gasteiger partial charge in [0, 0.05) is 24.9 Å². The number of aromatic nitrogens is 4. The first-order valence-corrected chi connectivity index (χ1v) is 9.76. The van der Waals surface area contributed by atoms with Crippen molar-refractivity contribution in [3.8, 4) is 17.2 Å². The van der Waals surface area contributed by atoms with Crippen molar-refractivity contribution in [3.63, 3.8) is 0 Å². The molecule has 0 fully saturated rings. The minimum Gasteiger partial charge on any atom is -0.494 e. The van der Waals surface area contributed by atoms with Gasteiger partial charge in [-0.25, -0.2) is 18.7 Å². The molecule has 0 amide bonds. The van der Waals surface area contributed by atoms with Crippen LogP contribution < -0.4 is 19.5 Å². The predicted molar refractivity (Wildman–Crippen MR) is 113 cm³/mol. The number of rotatable bonds is 10. The third-order valence-corrected chi connectivity index (χ3v) is 4.71. The van der Waals surface area contributed by atoms with E-state index in [2.05, 4.69) is 25.1 Å². The van der Waals surface area contributed by atoms with Gasteiger partial charge in [-0.05, 0) is 6.42 Å². The van der Waals surface area contributed by atoms with Crippen LogP contribution in [0.4, 0.5) is 20.5 Å². The summed E-state index contributed by atoms with van der Waals surface area (Å²) in [5.74, 6) is -1.48. The molecule has 0 aliphatic carbocycles. The van der Waals surface area contributed by atoms with E-state index in [1.54, 1.807) is 17.8 Å². The van der Waals surface area contributed by atoms with Crippen molar-refractivity contribution in [2.24, 2.45) is 7.05 Å². The fraction of sp³-hybridized carbons (Fsp3) is 0.333. The molecule has 33 heavy (non-hydrogen) atoms. The molecule has 0 bridgehead atoms. The third kappa shape index (κ3) is 5.64. The first-order valence-electron chi connectivity index (χ1n) is 9.76. The van der Waals surface area contributed by atoms with Crippen molar-refractivity contribution in [3.05, 3.63) is 47.4 Å². The van der Waals surface area contributed by atoms with Gasteiger partial charge in [0.1, 0.15) is 6.61 Å². The highest BCUT2D eigenvalue weighted by Crippen LogP contribution is 2.32. The number of halogens is 2. The Bertz CT molecular complexity index is 1090. The topological polar surface area (TPSA) is 110 Å². The van der Waals surface area contributed by atoms with E-state index in [-0.39, 0.29) is 41.2 Å². The lowest BCUT2D eigenvalue weighted by atomic mass is 10.1. The lowest BCUT2D eigenvalue weighted by Crippen LogP contribution is -2.06. The number of carbonyl (C=O) groups is 1. The second kappa shape index (κ2) is 10.6. The van der Waals surface area contributed by atoms with Gasteiger partial charge >= 0.3 is 5.97 Å². The van der Waals surface area contributed by atoms with Gasteiger partial charge in [0.05, 0.1) is 45.7 Å². The molecule has 0 aliphatic rings. The van der Waals surface area contributed by atoms with Crippen LogP contribution in [0.5, 0.6) is 17.2 Å². The van der Waals surface area contributed by atoms with Gasteiger partial charge in [0.15, 0.2) is 34.7 Å². The highest BCUT2D eigenvalue weighted by atomic mass is 19.1. The van der Waals surface area contributed by atoms with Crippen LogP contribution in [-0.4, -0.2) is 47.0 Å². The molecule has 0 radical (unpaired) electrons. The van der Waals surface area contributed by atoms with Gasteiger partial charge < -0.3 is 24.3 Å².